The highest BCUT2D eigenvalue weighted by Crippen LogP contribution is 2.29. The normalized spacial score (nSPS) is 10.8. The number of para-hydroxylation sites is 1. The van der Waals surface area contributed by atoms with E-state index in [2.05, 4.69) is 16.2 Å². The van der Waals surface area contributed by atoms with Gasteiger partial charge in [0.15, 0.2) is 6.61 Å². The SMILES string of the molecule is Cc1ccccc1OCC(=O)NNC(=O)CNC(=O)c1ccc(C(F)(F)F)cc1. The summed E-state index contributed by atoms with van der Waals surface area (Å²) in [4.78, 5) is 35.2. The predicted molar refractivity (Wildman–Crippen MR) is 96.7 cm³/mol. The first kappa shape index (κ1) is 21.7. The van der Waals surface area contributed by atoms with Gasteiger partial charge in [0.2, 0.25) is 0 Å². The van der Waals surface area contributed by atoms with Crippen LogP contribution in [0.1, 0.15) is 21.5 Å². The third-order valence-electron chi connectivity index (χ3n) is 3.68. The third kappa shape index (κ3) is 6.83. The lowest BCUT2D eigenvalue weighted by Crippen LogP contribution is -2.47. The first-order valence-electron chi connectivity index (χ1n) is 8.38. The topological polar surface area (TPSA) is 96.5 Å². The lowest BCUT2D eigenvalue weighted by Gasteiger charge is -2.11. The molecule has 2 aromatic carbocycles. The van der Waals surface area contributed by atoms with Crippen LogP contribution in [0.25, 0.3) is 0 Å². The first-order valence-corrected chi connectivity index (χ1v) is 8.38. The minimum absolute atomic E-state index is 0.0403. The van der Waals surface area contributed by atoms with Gasteiger partial charge in [-0.3, -0.25) is 25.2 Å². The van der Waals surface area contributed by atoms with E-state index < -0.39 is 36.0 Å². The summed E-state index contributed by atoms with van der Waals surface area (Å²) in [5, 5.41) is 2.23. The minimum Gasteiger partial charge on any atom is -0.483 e. The molecule has 0 saturated carbocycles. The Morgan fingerprint density at radius 2 is 1.55 bits per heavy atom. The molecule has 0 unspecified atom stereocenters. The smallest absolute Gasteiger partial charge is 0.416 e. The summed E-state index contributed by atoms with van der Waals surface area (Å²) in [6.07, 6.45) is -4.50. The van der Waals surface area contributed by atoms with Crippen molar-refractivity contribution in [2.24, 2.45) is 0 Å². The Morgan fingerprint density at radius 3 is 2.17 bits per heavy atom. The molecule has 0 aliphatic carbocycles. The number of hydrazine groups is 1. The van der Waals surface area contributed by atoms with Gasteiger partial charge in [-0.25, -0.2) is 0 Å². The third-order valence-corrected chi connectivity index (χ3v) is 3.68. The van der Waals surface area contributed by atoms with Crippen LogP contribution in [-0.4, -0.2) is 30.9 Å². The molecular weight excluding hydrogens is 391 g/mol. The maximum atomic E-state index is 12.5. The summed E-state index contributed by atoms with van der Waals surface area (Å²) in [7, 11) is 0. The number of hydrogen-bond donors (Lipinski definition) is 3. The highest BCUT2D eigenvalue weighted by atomic mass is 19.4. The Bertz CT molecular complexity index is 883. The fourth-order valence-electron chi connectivity index (χ4n) is 2.15. The number of benzene rings is 2. The van der Waals surface area contributed by atoms with Crippen molar-refractivity contribution in [3.63, 3.8) is 0 Å². The van der Waals surface area contributed by atoms with Crippen LogP contribution in [0.3, 0.4) is 0 Å². The Morgan fingerprint density at radius 1 is 0.931 bits per heavy atom. The highest BCUT2D eigenvalue weighted by Gasteiger charge is 2.30. The second-order valence-electron chi connectivity index (χ2n) is 5.91. The van der Waals surface area contributed by atoms with Crippen LogP contribution in [0, 0.1) is 6.92 Å². The van der Waals surface area contributed by atoms with Gasteiger partial charge in [-0.15, -0.1) is 0 Å². The van der Waals surface area contributed by atoms with E-state index in [1.807, 2.05) is 19.1 Å². The monoisotopic (exact) mass is 409 g/mol. The minimum atomic E-state index is -4.50. The quantitative estimate of drug-likeness (QED) is 0.636. The van der Waals surface area contributed by atoms with E-state index in [-0.39, 0.29) is 12.2 Å². The van der Waals surface area contributed by atoms with Crippen LogP contribution < -0.4 is 20.9 Å². The maximum Gasteiger partial charge on any atom is 0.416 e. The van der Waals surface area contributed by atoms with Gasteiger partial charge in [-0.1, -0.05) is 18.2 Å². The average Bonchev–Trinajstić information content (AvgIpc) is 2.69. The number of rotatable bonds is 6. The molecule has 0 fully saturated rings. The first-order chi connectivity index (χ1) is 13.7. The zero-order chi connectivity index (χ0) is 21.4. The molecule has 7 nitrogen and oxygen atoms in total. The van der Waals surface area contributed by atoms with Crippen LogP contribution in [0.5, 0.6) is 5.75 Å². The predicted octanol–water partition coefficient (Wildman–Crippen LogP) is 1.97. The molecule has 0 aliphatic rings. The number of alkyl halides is 3. The summed E-state index contributed by atoms with van der Waals surface area (Å²) in [5.74, 6) is -1.55. The van der Waals surface area contributed by atoms with E-state index in [1.54, 1.807) is 12.1 Å². The molecule has 2 rings (SSSR count). The van der Waals surface area contributed by atoms with Gasteiger partial charge in [-0.2, -0.15) is 13.2 Å². The lowest BCUT2D eigenvalue weighted by molar-refractivity contribution is -0.137. The number of carbonyl (C=O) groups is 3. The van der Waals surface area contributed by atoms with E-state index >= 15 is 0 Å². The molecule has 3 N–H and O–H groups in total. The van der Waals surface area contributed by atoms with Crippen molar-refractivity contribution in [1.82, 2.24) is 16.2 Å². The molecular formula is C19H18F3N3O4. The standard InChI is InChI=1S/C19H18F3N3O4/c1-12-4-2-3-5-15(12)29-11-17(27)25-24-16(26)10-23-18(28)13-6-8-14(9-7-13)19(20,21)22/h2-9H,10-11H2,1H3,(H,23,28)(H,24,26)(H,25,27). The van der Waals surface area contributed by atoms with Gasteiger partial charge < -0.3 is 10.1 Å². The molecule has 0 radical (unpaired) electrons. The van der Waals surface area contributed by atoms with Crippen molar-refractivity contribution in [3.05, 3.63) is 65.2 Å². The molecule has 0 atom stereocenters. The van der Waals surface area contributed by atoms with Gasteiger partial charge in [0.25, 0.3) is 17.7 Å². The van der Waals surface area contributed by atoms with E-state index in [0.29, 0.717) is 5.75 Å². The summed E-state index contributed by atoms with van der Waals surface area (Å²) < 4.78 is 42.8. The molecule has 10 heteroatoms. The van der Waals surface area contributed by atoms with Gasteiger partial charge in [0.1, 0.15) is 5.75 Å². The molecule has 0 aromatic heterocycles. The number of ether oxygens (including phenoxy) is 1. The summed E-state index contributed by atoms with van der Waals surface area (Å²) >= 11 is 0. The Kier molecular flexibility index (Phi) is 7.18. The van der Waals surface area contributed by atoms with Gasteiger partial charge >= 0.3 is 6.18 Å². The molecule has 0 spiro atoms. The Labute approximate surface area is 164 Å². The zero-order valence-electron chi connectivity index (χ0n) is 15.3. The molecule has 0 saturated heterocycles. The van der Waals surface area contributed by atoms with Crippen LogP contribution in [0.4, 0.5) is 13.2 Å². The second kappa shape index (κ2) is 9.58. The zero-order valence-corrected chi connectivity index (χ0v) is 15.3. The number of hydrogen-bond acceptors (Lipinski definition) is 4. The fourth-order valence-corrected chi connectivity index (χ4v) is 2.15. The van der Waals surface area contributed by atoms with Crippen LogP contribution in [-0.2, 0) is 15.8 Å². The van der Waals surface area contributed by atoms with Crippen molar-refractivity contribution in [1.29, 1.82) is 0 Å². The van der Waals surface area contributed by atoms with E-state index in [4.69, 9.17) is 4.74 Å². The van der Waals surface area contributed by atoms with Crippen molar-refractivity contribution >= 4 is 17.7 Å². The fraction of sp³-hybridized carbons (Fsp3) is 0.211. The molecule has 0 aliphatic heterocycles. The maximum absolute atomic E-state index is 12.5. The van der Waals surface area contributed by atoms with Crippen LogP contribution >= 0.6 is 0 Å². The number of aryl methyl sites for hydroxylation is 1. The van der Waals surface area contributed by atoms with Crippen LogP contribution in [0.2, 0.25) is 0 Å². The molecule has 154 valence electrons. The Balaban J connectivity index is 1.71. The van der Waals surface area contributed by atoms with Crippen molar-refractivity contribution < 1.29 is 32.3 Å². The summed E-state index contributed by atoms with van der Waals surface area (Å²) in [5.41, 5.74) is 4.12. The number of nitrogens with one attached hydrogen (secondary N) is 3. The van der Waals surface area contributed by atoms with E-state index in [9.17, 15) is 27.6 Å². The number of carbonyl (C=O) groups excluding carboxylic acids is 3. The molecule has 0 bridgehead atoms. The van der Waals surface area contributed by atoms with Gasteiger partial charge in [0, 0.05) is 5.56 Å². The van der Waals surface area contributed by atoms with Crippen molar-refractivity contribution in [2.45, 2.75) is 13.1 Å². The van der Waals surface area contributed by atoms with Crippen molar-refractivity contribution in [3.8, 4) is 5.75 Å². The molecule has 2 aromatic rings. The van der Waals surface area contributed by atoms with Crippen molar-refractivity contribution in [2.75, 3.05) is 13.2 Å². The van der Waals surface area contributed by atoms with Gasteiger partial charge in [-0.05, 0) is 42.8 Å². The molecule has 29 heavy (non-hydrogen) atoms. The highest BCUT2D eigenvalue weighted by molar-refractivity contribution is 5.96. The largest absolute Gasteiger partial charge is 0.483 e. The number of amides is 3. The summed E-state index contributed by atoms with van der Waals surface area (Å²) in [6.45, 7) is 0.996. The second-order valence-corrected chi connectivity index (χ2v) is 5.91. The van der Waals surface area contributed by atoms with Gasteiger partial charge in [0.05, 0.1) is 12.1 Å². The van der Waals surface area contributed by atoms with Crippen LogP contribution in [0.15, 0.2) is 48.5 Å². The average molecular weight is 409 g/mol. The summed E-state index contributed by atoms with van der Waals surface area (Å²) in [6, 6.07) is 10.6. The number of halogens is 3. The molecule has 3 amide bonds. The van der Waals surface area contributed by atoms with E-state index in [0.717, 1.165) is 29.8 Å². The molecule has 0 heterocycles. The van der Waals surface area contributed by atoms with E-state index in [1.165, 1.54) is 0 Å². The Hall–Kier alpha value is -3.56. The lowest BCUT2D eigenvalue weighted by atomic mass is 10.1.